The van der Waals surface area contributed by atoms with Crippen LogP contribution >= 0.6 is 15.9 Å². The number of anilines is 1. The molecule has 1 aliphatic rings. The quantitative estimate of drug-likeness (QED) is 0.0560. The van der Waals surface area contributed by atoms with Crippen molar-refractivity contribution in [3.63, 3.8) is 0 Å². The van der Waals surface area contributed by atoms with Crippen LogP contribution in [0.25, 0.3) is 0 Å². The number of nitrogens with zero attached hydrogens (tertiary/aromatic N) is 1. The van der Waals surface area contributed by atoms with Crippen molar-refractivity contribution in [2.75, 3.05) is 182 Å². The number of nitrogens with one attached hydrogen (secondary N) is 2. The van der Waals surface area contributed by atoms with Crippen molar-refractivity contribution >= 4 is 39.3 Å². The summed E-state index contributed by atoms with van der Waals surface area (Å²) in [7, 11) is 0. The summed E-state index contributed by atoms with van der Waals surface area (Å²) < 4.78 is 65.8. The number of amides is 3. The molecule has 18 nitrogen and oxygen atoms in total. The summed E-state index contributed by atoms with van der Waals surface area (Å²) in [6, 6.07) is 15.4. The van der Waals surface area contributed by atoms with Gasteiger partial charge in [0.25, 0.3) is 0 Å². The van der Waals surface area contributed by atoms with E-state index in [1.165, 1.54) is 0 Å². The van der Waals surface area contributed by atoms with E-state index in [1.54, 1.807) is 4.90 Å². The van der Waals surface area contributed by atoms with Crippen molar-refractivity contribution in [1.29, 1.82) is 0 Å². The largest absolute Gasteiger partial charge is 0.377 e. The lowest BCUT2D eigenvalue weighted by Crippen LogP contribution is -2.34. The highest BCUT2D eigenvalue weighted by atomic mass is 79.9. The minimum Gasteiger partial charge on any atom is -0.377 e. The number of benzene rings is 2. The molecule has 0 saturated heterocycles. The van der Waals surface area contributed by atoms with Crippen molar-refractivity contribution in [3.8, 4) is 11.8 Å². The summed E-state index contributed by atoms with van der Waals surface area (Å²) >= 11 is 3.08. The van der Waals surface area contributed by atoms with Crippen molar-refractivity contribution in [3.05, 3.63) is 65.2 Å². The molecule has 0 radical (unpaired) electrons. The van der Waals surface area contributed by atoms with E-state index in [2.05, 4.69) is 38.4 Å². The fraction of sp³-hybridized carbons (Fsp3) is 0.638. The molecule has 370 valence electrons. The number of hydrogen-bond acceptors (Lipinski definition) is 15. The molecule has 1 heterocycles. The number of hydrogen-bond donors (Lipinski definition) is 2. The third-order valence-corrected chi connectivity index (χ3v) is 9.60. The molecule has 0 unspecified atom stereocenters. The summed E-state index contributed by atoms with van der Waals surface area (Å²) in [5.74, 6) is 6.00. The summed E-state index contributed by atoms with van der Waals surface area (Å²) in [5, 5.41) is 5.80. The van der Waals surface area contributed by atoms with Crippen LogP contribution in [0.4, 0.5) is 5.69 Å². The lowest BCUT2D eigenvalue weighted by atomic mass is 10.0. The zero-order valence-corrected chi connectivity index (χ0v) is 39.9. The molecule has 2 aromatic rings. The Morgan fingerprint density at radius 1 is 0.439 bits per heavy atom. The van der Waals surface area contributed by atoms with E-state index in [4.69, 9.17) is 56.8 Å². The number of para-hydroxylation sites is 1. The number of halogens is 1. The molecular weight excluding hydrogens is 926 g/mol. The van der Waals surface area contributed by atoms with E-state index in [-0.39, 0.29) is 35.9 Å². The third kappa shape index (κ3) is 29.2. The Morgan fingerprint density at radius 3 is 1.18 bits per heavy atom. The monoisotopic (exact) mass is 995 g/mol. The van der Waals surface area contributed by atoms with Crippen molar-refractivity contribution in [1.82, 2.24) is 10.6 Å². The highest BCUT2D eigenvalue weighted by molar-refractivity contribution is 9.09. The average Bonchev–Trinajstić information content (AvgIpc) is 3.33. The molecule has 0 saturated carbocycles. The molecule has 3 amide bonds. The van der Waals surface area contributed by atoms with Crippen LogP contribution in [0.3, 0.4) is 0 Å². The van der Waals surface area contributed by atoms with Crippen LogP contribution in [0.2, 0.25) is 0 Å². The molecule has 0 fully saturated rings. The topological polar surface area (TPSA) is 189 Å². The SMILES string of the molecule is O=C(CBr)NCCOCCOCCOCCOCCOCCOCCOCCOCCOCCOCCOCCOCCNC(=O)CCC(=O)N1Cc2ccccc2C#Cc2ccccc21. The second-order valence-corrected chi connectivity index (χ2v) is 14.6. The van der Waals surface area contributed by atoms with Crippen LogP contribution in [-0.2, 0) is 77.8 Å². The number of ether oxygens (including phenoxy) is 12. The Morgan fingerprint density at radius 2 is 0.773 bits per heavy atom. The van der Waals surface area contributed by atoms with Gasteiger partial charge in [-0.15, -0.1) is 0 Å². The zero-order valence-electron chi connectivity index (χ0n) is 38.3. The van der Waals surface area contributed by atoms with Gasteiger partial charge in [-0.1, -0.05) is 58.1 Å². The second kappa shape index (κ2) is 40.5. The maximum Gasteiger partial charge on any atom is 0.230 e. The predicted octanol–water partition coefficient (Wildman–Crippen LogP) is 2.54. The molecule has 2 aromatic carbocycles. The fourth-order valence-corrected chi connectivity index (χ4v) is 5.94. The fourth-order valence-electron chi connectivity index (χ4n) is 5.74. The molecule has 0 atom stereocenters. The van der Waals surface area contributed by atoms with Gasteiger partial charge in [0.05, 0.1) is 176 Å². The van der Waals surface area contributed by atoms with Crippen LogP contribution in [0.1, 0.15) is 29.5 Å². The first kappa shape index (κ1) is 56.7. The maximum absolute atomic E-state index is 13.3. The number of carbonyl (C=O) groups is 3. The first-order valence-corrected chi connectivity index (χ1v) is 23.7. The zero-order chi connectivity index (χ0) is 46.8. The Balaban J connectivity index is 0.955. The van der Waals surface area contributed by atoms with Crippen LogP contribution in [-0.4, -0.2) is 195 Å². The van der Waals surface area contributed by atoms with E-state index in [1.807, 2.05) is 48.5 Å². The maximum atomic E-state index is 13.3. The van der Waals surface area contributed by atoms with Crippen molar-refractivity contribution in [2.24, 2.45) is 0 Å². The van der Waals surface area contributed by atoms with Crippen LogP contribution in [0.15, 0.2) is 48.5 Å². The number of carbonyl (C=O) groups excluding carboxylic acids is 3. The van der Waals surface area contributed by atoms with E-state index in [0.717, 1.165) is 22.4 Å². The normalized spacial score (nSPS) is 11.9. The standard InChI is InChI=1S/C47H70BrN3O15/c48-39-46(53)50-14-16-56-18-20-58-22-24-60-26-28-62-30-32-64-34-36-66-38-37-65-35-33-63-31-29-61-27-25-59-23-21-57-19-17-55-15-13-49-45(52)11-12-47(54)51-40-43-7-2-1-5-41(43)9-10-42-6-3-4-8-44(42)51/h1-8H,11-40H2,(H,49,52)(H,50,53). The lowest BCUT2D eigenvalue weighted by Gasteiger charge is -2.26. The molecule has 3 rings (SSSR count). The van der Waals surface area contributed by atoms with Crippen LogP contribution < -0.4 is 15.5 Å². The minimum atomic E-state index is -0.204. The number of rotatable bonds is 43. The molecule has 66 heavy (non-hydrogen) atoms. The van der Waals surface area contributed by atoms with Gasteiger partial charge in [-0.3, -0.25) is 14.4 Å². The van der Waals surface area contributed by atoms with Crippen LogP contribution in [0, 0.1) is 11.8 Å². The summed E-state index contributed by atoms with van der Waals surface area (Å²) in [4.78, 5) is 38.5. The Kier molecular flexibility index (Phi) is 34.8. The van der Waals surface area contributed by atoms with Gasteiger partial charge >= 0.3 is 0 Å². The predicted molar refractivity (Wildman–Crippen MR) is 249 cm³/mol. The second-order valence-electron chi connectivity index (χ2n) is 14.1. The minimum absolute atomic E-state index is 0.0636. The molecule has 19 heteroatoms. The molecule has 2 N–H and O–H groups in total. The highest BCUT2D eigenvalue weighted by Crippen LogP contribution is 2.26. The molecule has 0 aromatic heterocycles. The van der Waals surface area contributed by atoms with Gasteiger partial charge in [-0.25, -0.2) is 0 Å². The van der Waals surface area contributed by atoms with Crippen molar-refractivity contribution < 1.29 is 71.2 Å². The Labute approximate surface area is 398 Å². The highest BCUT2D eigenvalue weighted by Gasteiger charge is 2.21. The lowest BCUT2D eigenvalue weighted by molar-refractivity contribution is -0.125. The van der Waals surface area contributed by atoms with Gasteiger partial charge in [0, 0.05) is 37.1 Å². The van der Waals surface area contributed by atoms with Gasteiger partial charge in [0.1, 0.15) is 0 Å². The van der Waals surface area contributed by atoms with E-state index >= 15 is 0 Å². The Hall–Kier alpha value is -3.59. The third-order valence-electron chi connectivity index (χ3n) is 9.09. The molecular formula is C47H70BrN3O15. The first-order chi connectivity index (χ1) is 32.6. The summed E-state index contributed by atoms with van der Waals surface area (Å²) in [5.41, 5.74) is 3.39. The average molecular weight is 997 g/mol. The van der Waals surface area contributed by atoms with E-state index in [9.17, 15) is 14.4 Å². The van der Waals surface area contributed by atoms with Gasteiger partial charge < -0.3 is 72.4 Å². The summed E-state index contributed by atoms with van der Waals surface area (Å²) in [6.07, 6.45) is 0.166. The van der Waals surface area contributed by atoms with Gasteiger partial charge in [0.2, 0.25) is 17.7 Å². The summed E-state index contributed by atoms with van der Waals surface area (Å²) in [6.45, 7) is 12.2. The van der Waals surface area contributed by atoms with Crippen LogP contribution in [0.5, 0.6) is 0 Å². The smallest absolute Gasteiger partial charge is 0.230 e. The number of alkyl halides is 1. The van der Waals surface area contributed by atoms with Gasteiger partial charge in [0.15, 0.2) is 0 Å². The first-order valence-electron chi connectivity index (χ1n) is 22.6. The molecule has 0 aliphatic carbocycles. The van der Waals surface area contributed by atoms with Gasteiger partial charge in [-0.05, 0) is 23.8 Å². The molecule has 1 aliphatic heterocycles. The Bertz CT molecular complexity index is 1630. The van der Waals surface area contributed by atoms with Gasteiger partial charge in [-0.2, -0.15) is 0 Å². The number of fused-ring (bicyclic) bond motifs is 2. The van der Waals surface area contributed by atoms with E-state index < -0.39 is 0 Å². The van der Waals surface area contributed by atoms with Crippen molar-refractivity contribution in [2.45, 2.75) is 19.4 Å². The molecule has 0 spiro atoms. The van der Waals surface area contributed by atoms with E-state index in [0.29, 0.717) is 178 Å². The molecule has 0 bridgehead atoms.